The van der Waals surface area contributed by atoms with Crippen LogP contribution in [-0.4, -0.2) is 19.1 Å². The summed E-state index contributed by atoms with van der Waals surface area (Å²) in [4.78, 5) is 4.30. The van der Waals surface area contributed by atoms with E-state index in [1.54, 1.807) is 12.1 Å². The Kier molecular flexibility index (Phi) is 5.31. The first kappa shape index (κ1) is 16.3. The van der Waals surface area contributed by atoms with Crippen molar-refractivity contribution < 1.29 is 9.13 Å². The number of nitrogens with zero attached hydrogens (tertiary/aromatic N) is 1. The Labute approximate surface area is 141 Å². The van der Waals surface area contributed by atoms with Crippen LogP contribution < -0.4 is 15.8 Å². The number of hydrogen-bond donors (Lipinski definition) is 2. The molecule has 0 spiro atoms. The van der Waals surface area contributed by atoms with Crippen LogP contribution in [0.25, 0.3) is 0 Å². The fourth-order valence-corrected chi connectivity index (χ4v) is 2.82. The van der Waals surface area contributed by atoms with Crippen LogP contribution in [0.5, 0.6) is 5.75 Å². The SMILES string of the molecule is NC(=NCCCOc1ccc(F)cc1)Nc1ccc2c(c1)CCC2. The molecule has 0 aromatic heterocycles. The Morgan fingerprint density at radius 3 is 2.75 bits per heavy atom. The van der Waals surface area contributed by atoms with E-state index >= 15 is 0 Å². The number of guanidine groups is 1. The lowest BCUT2D eigenvalue weighted by atomic mass is 10.1. The summed E-state index contributed by atoms with van der Waals surface area (Å²) in [7, 11) is 0. The minimum Gasteiger partial charge on any atom is -0.494 e. The molecule has 2 aromatic rings. The van der Waals surface area contributed by atoms with Crippen molar-refractivity contribution in [3.63, 3.8) is 0 Å². The first-order chi connectivity index (χ1) is 11.7. The number of rotatable bonds is 6. The van der Waals surface area contributed by atoms with Gasteiger partial charge in [0.15, 0.2) is 5.96 Å². The Morgan fingerprint density at radius 2 is 1.92 bits per heavy atom. The van der Waals surface area contributed by atoms with E-state index in [0.29, 0.717) is 24.9 Å². The summed E-state index contributed by atoms with van der Waals surface area (Å²) in [5, 5.41) is 3.13. The van der Waals surface area contributed by atoms with Crippen molar-refractivity contribution in [2.45, 2.75) is 25.7 Å². The van der Waals surface area contributed by atoms with Gasteiger partial charge in [-0.2, -0.15) is 0 Å². The maximum Gasteiger partial charge on any atom is 0.193 e. The summed E-state index contributed by atoms with van der Waals surface area (Å²) in [6, 6.07) is 12.4. The van der Waals surface area contributed by atoms with Gasteiger partial charge < -0.3 is 15.8 Å². The van der Waals surface area contributed by atoms with Gasteiger partial charge in [-0.15, -0.1) is 0 Å². The van der Waals surface area contributed by atoms with Gasteiger partial charge in [0.1, 0.15) is 11.6 Å². The molecule has 0 aliphatic heterocycles. The number of nitrogens with one attached hydrogen (secondary N) is 1. The van der Waals surface area contributed by atoms with Crippen molar-refractivity contribution in [2.24, 2.45) is 10.7 Å². The molecule has 0 atom stereocenters. The average Bonchev–Trinajstić information content (AvgIpc) is 3.04. The standard InChI is InChI=1S/C19H22FN3O/c20-16-6-9-18(10-7-16)24-12-2-11-22-19(21)23-17-8-5-14-3-1-4-15(14)13-17/h5-10,13H,1-4,11-12H2,(H3,21,22,23). The predicted molar refractivity (Wildman–Crippen MR) is 95.1 cm³/mol. The van der Waals surface area contributed by atoms with Crippen LogP contribution in [-0.2, 0) is 12.8 Å². The summed E-state index contributed by atoms with van der Waals surface area (Å²) in [5.74, 6) is 0.802. The van der Waals surface area contributed by atoms with E-state index in [-0.39, 0.29) is 5.82 Å². The molecule has 0 saturated heterocycles. The van der Waals surface area contributed by atoms with E-state index in [0.717, 1.165) is 18.5 Å². The number of nitrogens with two attached hydrogens (primary N) is 1. The van der Waals surface area contributed by atoms with Gasteiger partial charge in [0.05, 0.1) is 6.61 Å². The molecule has 24 heavy (non-hydrogen) atoms. The predicted octanol–water partition coefficient (Wildman–Crippen LogP) is 3.51. The lowest BCUT2D eigenvalue weighted by Gasteiger charge is -2.08. The van der Waals surface area contributed by atoms with E-state index in [9.17, 15) is 4.39 Å². The molecular formula is C19H22FN3O. The number of aryl methyl sites for hydroxylation is 2. The van der Waals surface area contributed by atoms with Gasteiger partial charge in [0.25, 0.3) is 0 Å². The molecule has 5 heteroatoms. The summed E-state index contributed by atoms with van der Waals surface area (Å²) in [6.45, 7) is 1.09. The van der Waals surface area contributed by atoms with E-state index in [1.165, 1.54) is 36.1 Å². The molecule has 1 aliphatic rings. The van der Waals surface area contributed by atoms with Crippen molar-refractivity contribution in [2.75, 3.05) is 18.5 Å². The monoisotopic (exact) mass is 327 g/mol. The van der Waals surface area contributed by atoms with Gasteiger partial charge in [-0.25, -0.2) is 4.39 Å². The Balaban J connectivity index is 1.40. The van der Waals surface area contributed by atoms with Crippen molar-refractivity contribution in [1.29, 1.82) is 0 Å². The zero-order valence-corrected chi connectivity index (χ0v) is 13.6. The average molecular weight is 327 g/mol. The van der Waals surface area contributed by atoms with Crippen molar-refractivity contribution >= 4 is 11.6 Å². The van der Waals surface area contributed by atoms with Gasteiger partial charge in [-0.1, -0.05) is 6.07 Å². The molecule has 0 saturated carbocycles. The molecule has 0 radical (unpaired) electrons. The fraction of sp³-hybridized carbons (Fsp3) is 0.316. The van der Waals surface area contributed by atoms with Gasteiger partial charge in [-0.05, 0) is 66.8 Å². The van der Waals surface area contributed by atoms with E-state index < -0.39 is 0 Å². The topological polar surface area (TPSA) is 59.6 Å². The summed E-state index contributed by atoms with van der Waals surface area (Å²) < 4.78 is 18.3. The van der Waals surface area contributed by atoms with Gasteiger partial charge in [-0.3, -0.25) is 4.99 Å². The quantitative estimate of drug-likeness (QED) is 0.485. The van der Waals surface area contributed by atoms with Crippen LogP contribution in [0, 0.1) is 5.82 Å². The second-order valence-electron chi connectivity index (χ2n) is 5.88. The van der Waals surface area contributed by atoms with Crippen LogP contribution >= 0.6 is 0 Å². The third-order valence-corrected chi connectivity index (χ3v) is 4.04. The smallest absolute Gasteiger partial charge is 0.193 e. The third kappa shape index (κ3) is 4.47. The lowest BCUT2D eigenvalue weighted by Crippen LogP contribution is -2.23. The normalized spacial score (nSPS) is 13.6. The van der Waals surface area contributed by atoms with Crippen molar-refractivity contribution in [3.8, 4) is 5.75 Å². The van der Waals surface area contributed by atoms with E-state index in [1.807, 2.05) is 6.07 Å². The van der Waals surface area contributed by atoms with Crippen LogP contribution in [0.4, 0.5) is 10.1 Å². The highest BCUT2D eigenvalue weighted by atomic mass is 19.1. The number of fused-ring (bicyclic) bond motifs is 1. The largest absolute Gasteiger partial charge is 0.494 e. The molecule has 0 heterocycles. The number of hydrogen-bond acceptors (Lipinski definition) is 2. The second-order valence-corrected chi connectivity index (χ2v) is 5.88. The molecule has 2 aromatic carbocycles. The first-order valence-corrected chi connectivity index (χ1v) is 8.28. The number of aliphatic imine (C=N–C) groups is 1. The molecule has 3 rings (SSSR count). The summed E-state index contributed by atoms with van der Waals surface area (Å²) >= 11 is 0. The van der Waals surface area contributed by atoms with Crippen molar-refractivity contribution in [3.05, 3.63) is 59.4 Å². The Morgan fingerprint density at radius 1 is 1.12 bits per heavy atom. The molecule has 126 valence electrons. The number of halogens is 1. The van der Waals surface area contributed by atoms with Crippen LogP contribution in [0.2, 0.25) is 0 Å². The minimum absolute atomic E-state index is 0.266. The molecular weight excluding hydrogens is 305 g/mol. The minimum atomic E-state index is -0.266. The molecule has 0 unspecified atom stereocenters. The third-order valence-electron chi connectivity index (χ3n) is 4.04. The zero-order valence-electron chi connectivity index (χ0n) is 13.6. The lowest BCUT2D eigenvalue weighted by molar-refractivity contribution is 0.313. The van der Waals surface area contributed by atoms with E-state index in [4.69, 9.17) is 10.5 Å². The first-order valence-electron chi connectivity index (χ1n) is 8.28. The highest BCUT2D eigenvalue weighted by Gasteiger charge is 2.10. The zero-order chi connectivity index (χ0) is 16.8. The molecule has 3 N–H and O–H groups in total. The Bertz CT molecular complexity index is 713. The maximum atomic E-state index is 12.8. The van der Waals surface area contributed by atoms with Crippen LogP contribution in [0.3, 0.4) is 0 Å². The van der Waals surface area contributed by atoms with Crippen LogP contribution in [0.15, 0.2) is 47.5 Å². The number of benzene rings is 2. The van der Waals surface area contributed by atoms with E-state index in [2.05, 4.69) is 22.4 Å². The molecule has 1 aliphatic carbocycles. The van der Waals surface area contributed by atoms with Gasteiger partial charge in [0, 0.05) is 18.7 Å². The highest BCUT2D eigenvalue weighted by molar-refractivity contribution is 5.92. The maximum absolute atomic E-state index is 12.8. The van der Waals surface area contributed by atoms with Gasteiger partial charge >= 0.3 is 0 Å². The van der Waals surface area contributed by atoms with Gasteiger partial charge in [0.2, 0.25) is 0 Å². The second kappa shape index (κ2) is 7.81. The molecule has 4 nitrogen and oxygen atoms in total. The fourth-order valence-electron chi connectivity index (χ4n) is 2.82. The van der Waals surface area contributed by atoms with Crippen molar-refractivity contribution in [1.82, 2.24) is 0 Å². The molecule has 0 fully saturated rings. The molecule has 0 amide bonds. The summed E-state index contributed by atoms with van der Waals surface area (Å²) in [6.07, 6.45) is 4.29. The number of anilines is 1. The van der Waals surface area contributed by atoms with Crippen LogP contribution in [0.1, 0.15) is 24.0 Å². The number of ether oxygens (including phenoxy) is 1. The summed E-state index contributed by atoms with van der Waals surface area (Å²) in [5.41, 5.74) is 9.75. The Hall–Kier alpha value is -2.56. The highest BCUT2D eigenvalue weighted by Crippen LogP contribution is 2.24. The molecule has 0 bridgehead atoms.